The summed E-state index contributed by atoms with van der Waals surface area (Å²) in [6, 6.07) is 0. The van der Waals surface area contributed by atoms with Crippen molar-refractivity contribution < 1.29 is 20.2 Å². The Hall–Kier alpha value is 2.40. The van der Waals surface area contributed by atoms with Gasteiger partial charge in [0.05, 0.1) is 0 Å². The van der Waals surface area contributed by atoms with Crippen molar-refractivity contribution in [2.24, 2.45) is 0 Å². The van der Waals surface area contributed by atoms with E-state index in [0.29, 0.717) is 0 Å². The van der Waals surface area contributed by atoms with Gasteiger partial charge in [0.15, 0.2) is 0 Å². The number of halogens is 2. The van der Waals surface area contributed by atoms with Gasteiger partial charge in [0.2, 0.25) is 0 Å². The first-order valence-electron chi connectivity index (χ1n) is 1.03. The quantitative estimate of drug-likeness (QED) is 0.313. The van der Waals surface area contributed by atoms with Crippen LogP contribution >= 0.6 is 40.3 Å². The summed E-state index contributed by atoms with van der Waals surface area (Å²) in [7, 11) is 0. The molecule has 0 aromatic rings. The van der Waals surface area contributed by atoms with Crippen LogP contribution < -0.4 is 0 Å². The van der Waals surface area contributed by atoms with Gasteiger partial charge >= 0.3 is 62.4 Å². The van der Waals surface area contributed by atoms with Crippen molar-refractivity contribution in [1.29, 1.82) is 0 Å². The third-order valence-corrected chi connectivity index (χ3v) is 28.2. The van der Waals surface area contributed by atoms with Crippen molar-refractivity contribution in [3.05, 3.63) is 0 Å². The standard InChI is InChI=1S/CH2I.Hg.HI/c1-2;;/h1H2;;1H/q;+1;/p-1. The second kappa shape index (κ2) is 5.40. The van der Waals surface area contributed by atoms with Crippen molar-refractivity contribution in [3.63, 3.8) is 0 Å². The Kier molecular flexibility index (Phi) is 8.63. The van der Waals surface area contributed by atoms with Gasteiger partial charge in [-0.05, 0) is 0 Å². The van der Waals surface area contributed by atoms with E-state index in [9.17, 15) is 0 Å². The molecule has 0 spiro atoms. The van der Waals surface area contributed by atoms with Crippen LogP contribution in [0.4, 0.5) is 0 Å². The first-order valence-corrected chi connectivity index (χ1v) is 21.9. The molecule has 0 rings (SSSR count). The summed E-state index contributed by atoms with van der Waals surface area (Å²) in [5, 5.41) is 0. The van der Waals surface area contributed by atoms with E-state index in [1.807, 2.05) is 0 Å². The van der Waals surface area contributed by atoms with Gasteiger partial charge in [-0.25, -0.2) is 0 Å². The molecule has 0 fully saturated rings. The molecule has 0 saturated heterocycles. The second-order valence-corrected chi connectivity index (χ2v) is 22.2. The van der Waals surface area contributed by atoms with Crippen molar-refractivity contribution in [1.82, 2.24) is 0 Å². The van der Waals surface area contributed by atoms with Crippen LogP contribution in [0.3, 0.4) is 0 Å². The van der Waals surface area contributed by atoms with E-state index in [-0.39, 0.29) is 20.2 Å². The third-order valence-electron chi connectivity index (χ3n) is 0.0714. The Morgan fingerprint density at radius 3 is 2.00 bits per heavy atom. The number of alkyl halides is 1. The van der Waals surface area contributed by atoms with Crippen LogP contribution in [-0.2, 0) is 20.2 Å². The van der Waals surface area contributed by atoms with E-state index in [4.69, 9.17) is 0 Å². The molecule has 0 aliphatic rings. The average Bonchev–Trinajstić information content (AvgIpc) is 1.37. The Morgan fingerprint density at radius 1 is 1.75 bits per heavy atom. The van der Waals surface area contributed by atoms with Crippen LogP contribution in [0.1, 0.15) is 0 Å². The minimum absolute atomic E-state index is 0.156. The summed E-state index contributed by atoms with van der Waals surface area (Å²) in [6.45, 7) is 0. The molecule has 0 unspecified atom stereocenters. The molecule has 22 valence electrons. The summed E-state index contributed by atoms with van der Waals surface area (Å²) in [5.74, 6) is 0. The number of hydrogen-bond donors (Lipinski definition) is 0. The van der Waals surface area contributed by atoms with Crippen LogP contribution in [0, 0.1) is 0 Å². The maximum absolute atomic E-state index is 2.57. The van der Waals surface area contributed by atoms with Crippen molar-refractivity contribution in [2.45, 2.75) is 0 Å². The van der Waals surface area contributed by atoms with Gasteiger partial charge in [-0.2, -0.15) is 0 Å². The van der Waals surface area contributed by atoms with E-state index in [2.05, 4.69) is 40.3 Å². The molecule has 0 radical (unpaired) electrons. The zero-order chi connectivity index (χ0) is 3.41. The average molecular weight is 468 g/mol. The first-order chi connectivity index (χ1) is 1.91. The molecule has 0 aromatic carbocycles. The van der Waals surface area contributed by atoms with Crippen LogP contribution in [0.15, 0.2) is 0 Å². The molecule has 0 aromatic heterocycles. The molecular formula is CH2HgI2. The van der Waals surface area contributed by atoms with Crippen molar-refractivity contribution in [2.75, 3.05) is 1.94 Å². The predicted molar refractivity (Wildman–Crippen MR) is 32.9 cm³/mol. The molecule has 0 heterocycles. The van der Waals surface area contributed by atoms with Crippen molar-refractivity contribution in [3.8, 4) is 0 Å². The fraction of sp³-hybridized carbons (Fsp3) is 1.00. The van der Waals surface area contributed by atoms with Gasteiger partial charge in [0.25, 0.3) is 0 Å². The van der Waals surface area contributed by atoms with Gasteiger partial charge in [0, 0.05) is 0 Å². The molecular weight excluding hydrogens is 466 g/mol. The van der Waals surface area contributed by atoms with E-state index in [1.54, 1.807) is 0 Å². The van der Waals surface area contributed by atoms with E-state index in [0.717, 1.165) is 0 Å². The molecule has 4 heavy (non-hydrogen) atoms. The zero-order valence-electron chi connectivity index (χ0n) is 2.17. The Morgan fingerprint density at radius 2 is 2.00 bits per heavy atom. The number of rotatable bonds is 1. The van der Waals surface area contributed by atoms with Crippen LogP contribution in [0.25, 0.3) is 0 Å². The summed E-state index contributed by atoms with van der Waals surface area (Å²) in [4.78, 5) is 0. The fourth-order valence-corrected chi connectivity index (χ4v) is 0. The van der Waals surface area contributed by atoms with E-state index >= 15 is 0 Å². The maximum atomic E-state index is 2.57. The first kappa shape index (κ1) is 6.40. The molecule has 0 aliphatic heterocycles. The van der Waals surface area contributed by atoms with Crippen molar-refractivity contribution >= 4 is 40.3 Å². The molecule has 3 heteroatoms. The number of hydrogen-bond acceptors (Lipinski definition) is 0. The molecule has 0 nitrogen and oxygen atoms in total. The molecule has 0 bridgehead atoms. The van der Waals surface area contributed by atoms with Gasteiger partial charge < -0.3 is 0 Å². The summed E-state index contributed by atoms with van der Waals surface area (Å²) in [5.41, 5.74) is 0. The van der Waals surface area contributed by atoms with Crippen LogP contribution in [0.5, 0.6) is 0 Å². The topological polar surface area (TPSA) is 0 Å². The summed E-state index contributed by atoms with van der Waals surface area (Å²) < 4.78 is 1.50. The SMILES string of the molecule is I[CH2][Hg][I]. The third kappa shape index (κ3) is 4.40. The van der Waals surface area contributed by atoms with Gasteiger partial charge in [0.1, 0.15) is 0 Å². The normalized spacial score (nSPS) is 5.50. The van der Waals surface area contributed by atoms with E-state index < -0.39 is 0 Å². The van der Waals surface area contributed by atoms with E-state index in [1.165, 1.54) is 1.94 Å². The Balaban J connectivity index is 1.97. The second-order valence-electron chi connectivity index (χ2n) is 0.378. The van der Waals surface area contributed by atoms with Gasteiger partial charge in [-0.3, -0.25) is 0 Å². The fourth-order valence-electron chi connectivity index (χ4n) is 0. The summed E-state index contributed by atoms with van der Waals surface area (Å²) >= 11 is 4.85. The zero-order valence-corrected chi connectivity index (χ0v) is 12.0. The Bertz CT molecular complexity index is 8.00. The monoisotopic (exact) mass is 470 g/mol. The predicted octanol–water partition coefficient (Wildman–Crippen LogP) is 1.81. The van der Waals surface area contributed by atoms with Gasteiger partial charge in [-0.15, -0.1) is 0 Å². The molecule has 0 atom stereocenters. The van der Waals surface area contributed by atoms with Gasteiger partial charge in [-0.1, -0.05) is 0 Å². The molecule has 0 aliphatic carbocycles. The van der Waals surface area contributed by atoms with Crippen LogP contribution in [0.2, 0.25) is 0 Å². The van der Waals surface area contributed by atoms with Crippen LogP contribution in [-0.4, -0.2) is 1.94 Å². The minimum atomic E-state index is -0.156. The molecule has 0 amide bonds. The summed E-state index contributed by atoms with van der Waals surface area (Å²) in [6.07, 6.45) is 0. The molecule has 0 saturated carbocycles. The molecule has 0 N–H and O–H groups in total. The Labute approximate surface area is 61.0 Å².